The van der Waals surface area contributed by atoms with Gasteiger partial charge in [0.15, 0.2) is 0 Å². The number of hydrogen-bond acceptors (Lipinski definition) is 5. The van der Waals surface area contributed by atoms with Crippen molar-refractivity contribution < 1.29 is 4.79 Å². The van der Waals surface area contributed by atoms with Gasteiger partial charge < -0.3 is 15.5 Å². The third-order valence-corrected chi connectivity index (χ3v) is 3.46. The number of aromatic nitrogens is 2. The van der Waals surface area contributed by atoms with Crippen LogP contribution in [0.4, 0.5) is 11.6 Å². The Bertz CT molecular complexity index is 662. The molecule has 0 aliphatic rings. The van der Waals surface area contributed by atoms with Gasteiger partial charge in [-0.25, -0.2) is 9.97 Å². The molecule has 0 aliphatic carbocycles. The molecule has 0 aliphatic heterocycles. The predicted molar refractivity (Wildman–Crippen MR) is 96.7 cm³/mol. The Morgan fingerprint density at radius 2 is 1.71 bits per heavy atom. The summed E-state index contributed by atoms with van der Waals surface area (Å²) in [5.41, 5.74) is 3.75. The van der Waals surface area contributed by atoms with Crippen LogP contribution in [-0.4, -0.2) is 48.0 Å². The van der Waals surface area contributed by atoms with Crippen molar-refractivity contribution in [2.45, 2.75) is 20.3 Å². The summed E-state index contributed by atoms with van der Waals surface area (Å²) in [4.78, 5) is 22.5. The van der Waals surface area contributed by atoms with Crippen LogP contribution < -0.4 is 10.6 Å². The van der Waals surface area contributed by atoms with Crippen LogP contribution in [0.15, 0.2) is 30.6 Å². The van der Waals surface area contributed by atoms with Gasteiger partial charge in [-0.3, -0.25) is 4.79 Å². The lowest BCUT2D eigenvalue weighted by Gasteiger charge is -2.10. The summed E-state index contributed by atoms with van der Waals surface area (Å²) in [5, 5.41) is 6.03. The van der Waals surface area contributed by atoms with E-state index in [1.54, 1.807) is 12.4 Å². The topological polar surface area (TPSA) is 70.2 Å². The Kier molecular flexibility index (Phi) is 6.26. The molecule has 2 aromatic rings. The van der Waals surface area contributed by atoms with E-state index >= 15 is 0 Å². The van der Waals surface area contributed by atoms with Gasteiger partial charge in [-0.15, -0.1) is 0 Å². The van der Waals surface area contributed by atoms with E-state index in [-0.39, 0.29) is 5.91 Å². The van der Waals surface area contributed by atoms with Crippen molar-refractivity contribution in [3.63, 3.8) is 0 Å². The smallest absolute Gasteiger partial charge is 0.254 e. The highest BCUT2D eigenvalue weighted by Crippen LogP contribution is 2.16. The fourth-order valence-electron chi connectivity index (χ4n) is 2.39. The molecule has 1 aromatic carbocycles. The van der Waals surface area contributed by atoms with Gasteiger partial charge in [0.05, 0.1) is 5.56 Å². The van der Waals surface area contributed by atoms with Gasteiger partial charge in [0.1, 0.15) is 0 Å². The molecule has 1 heterocycles. The zero-order valence-electron chi connectivity index (χ0n) is 14.8. The lowest BCUT2D eigenvalue weighted by atomic mass is 10.1. The average Bonchev–Trinajstić information content (AvgIpc) is 2.51. The van der Waals surface area contributed by atoms with Gasteiger partial charge in [-0.05, 0) is 64.2 Å². The maximum absolute atomic E-state index is 12.0. The Hall–Kier alpha value is -2.47. The summed E-state index contributed by atoms with van der Waals surface area (Å²) in [6.45, 7) is 5.67. The van der Waals surface area contributed by atoms with Crippen LogP contribution in [0.5, 0.6) is 0 Å². The molecule has 128 valence electrons. The van der Waals surface area contributed by atoms with Crippen LogP contribution in [0, 0.1) is 13.8 Å². The van der Waals surface area contributed by atoms with E-state index in [1.165, 1.54) is 11.1 Å². The molecule has 2 rings (SSSR count). The summed E-state index contributed by atoms with van der Waals surface area (Å²) in [5.74, 6) is 0.330. The van der Waals surface area contributed by atoms with Gasteiger partial charge in [-0.2, -0.15) is 0 Å². The quantitative estimate of drug-likeness (QED) is 0.765. The minimum absolute atomic E-state index is 0.147. The fraction of sp³-hybridized carbons (Fsp3) is 0.389. The normalized spacial score (nSPS) is 10.7. The van der Waals surface area contributed by atoms with E-state index in [0.29, 0.717) is 18.1 Å². The maximum Gasteiger partial charge on any atom is 0.254 e. The summed E-state index contributed by atoms with van der Waals surface area (Å²) < 4.78 is 0. The van der Waals surface area contributed by atoms with E-state index < -0.39 is 0 Å². The fourth-order valence-corrected chi connectivity index (χ4v) is 2.39. The zero-order valence-corrected chi connectivity index (χ0v) is 14.8. The van der Waals surface area contributed by atoms with E-state index in [1.807, 2.05) is 40.1 Å². The molecule has 0 fully saturated rings. The number of carbonyl (C=O) groups is 1. The number of nitrogens with zero attached hydrogens (tertiary/aromatic N) is 3. The first-order chi connectivity index (χ1) is 11.4. The number of hydrogen-bond donors (Lipinski definition) is 2. The van der Waals surface area contributed by atoms with E-state index in [0.717, 1.165) is 18.7 Å². The second-order valence-electron chi connectivity index (χ2n) is 6.21. The molecular formula is C18H25N5O. The van der Waals surface area contributed by atoms with Gasteiger partial charge in [-0.1, -0.05) is 6.07 Å². The highest BCUT2D eigenvalue weighted by atomic mass is 16.1. The van der Waals surface area contributed by atoms with Crippen LogP contribution in [0.3, 0.4) is 0 Å². The largest absolute Gasteiger partial charge is 0.352 e. The number of aryl methyl sites for hydroxylation is 2. The Balaban J connectivity index is 1.91. The first kappa shape index (κ1) is 17.9. The molecule has 0 atom stereocenters. The average molecular weight is 327 g/mol. The Labute approximate surface area is 143 Å². The SMILES string of the molecule is Cc1cc(C)cc(Nc2ncc(C(=O)NCCCN(C)C)cn2)c1. The molecule has 0 spiro atoms. The molecule has 6 heteroatoms. The van der Waals surface area contributed by atoms with Gasteiger partial charge in [0.25, 0.3) is 5.91 Å². The molecule has 1 amide bonds. The van der Waals surface area contributed by atoms with Gasteiger partial charge >= 0.3 is 0 Å². The first-order valence-corrected chi connectivity index (χ1v) is 8.04. The lowest BCUT2D eigenvalue weighted by Crippen LogP contribution is -2.27. The molecule has 24 heavy (non-hydrogen) atoms. The molecule has 1 aromatic heterocycles. The second kappa shape index (κ2) is 8.40. The monoisotopic (exact) mass is 327 g/mol. The van der Waals surface area contributed by atoms with E-state index in [9.17, 15) is 4.79 Å². The summed E-state index contributed by atoms with van der Waals surface area (Å²) in [6, 6.07) is 6.17. The van der Waals surface area contributed by atoms with Gasteiger partial charge in [0.2, 0.25) is 5.95 Å². The molecule has 6 nitrogen and oxygen atoms in total. The summed E-state index contributed by atoms with van der Waals surface area (Å²) >= 11 is 0. The number of amides is 1. The Morgan fingerprint density at radius 1 is 1.08 bits per heavy atom. The van der Waals surface area contributed by atoms with E-state index in [4.69, 9.17) is 0 Å². The van der Waals surface area contributed by atoms with Crippen molar-refractivity contribution >= 4 is 17.5 Å². The van der Waals surface area contributed by atoms with Crippen molar-refractivity contribution in [2.24, 2.45) is 0 Å². The predicted octanol–water partition coefficient (Wildman–Crippen LogP) is 2.52. The Morgan fingerprint density at radius 3 is 2.29 bits per heavy atom. The van der Waals surface area contributed by atoms with Crippen molar-refractivity contribution in [1.82, 2.24) is 20.2 Å². The molecule has 0 saturated heterocycles. The second-order valence-corrected chi connectivity index (χ2v) is 6.21. The third kappa shape index (κ3) is 5.62. The highest BCUT2D eigenvalue weighted by Gasteiger charge is 2.07. The van der Waals surface area contributed by atoms with Crippen molar-refractivity contribution in [2.75, 3.05) is 32.5 Å². The number of nitrogens with one attached hydrogen (secondary N) is 2. The van der Waals surface area contributed by atoms with Crippen LogP contribution in [-0.2, 0) is 0 Å². The number of rotatable bonds is 7. The van der Waals surface area contributed by atoms with Crippen molar-refractivity contribution in [3.05, 3.63) is 47.3 Å². The van der Waals surface area contributed by atoms with Crippen LogP contribution in [0.2, 0.25) is 0 Å². The highest BCUT2D eigenvalue weighted by molar-refractivity contribution is 5.93. The van der Waals surface area contributed by atoms with Crippen molar-refractivity contribution in [3.8, 4) is 0 Å². The lowest BCUT2D eigenvalue weighted by molar-refractivity contribution is 0.0951. The third-order valence-electron chi connectivity index (χ3n) is 3.46. The van der Waals surface area contributed by atoms with Crippen LogP contribution in [0.1, 0.15) is 27.9 Å². The number of benzene rings is 1. The molecule has 0 unspecified atom stereocenters. The molecule has 0 radical (unpaired) electrons. The minimum Gasteiger partial charge on any atom is -0.352 e. The van der Waals surface area contributed by atoms with Crippen LogP contribution in [0.25, 0.3) is 0 Å². The maximum atomic E-state index is 12.0. The number of anilines is 2. The summed E-state index contributed by atoms with van der Waals surface area (Å²) in [7, 11) is 4.02. The van der Waals surface area contributed by atoms with Gasteiger partial charge in [0, 0.05) is 24.6 Å². The first-order valence-electron chi connectivity index (χ1n) is 8.04. The number of carbonyl (C=O) groups excluding carboxylic acids is 1. The molecule has 2 N–H and O–H groups in total. The zero-order chi connectivity index (χ0) is 17.5. The summed E-state index contributed by atoms with van der Waals surface area (Å²) in [6.07, 6.45) is 3.99. The van der Waals surface area contributed by atoms with Crippen LogP contribution >= 0.6 is 0 Å². The molecule has 0 bridgehead atoms. The van der Waals surface area contributed by atoms with Crippen molar-refractivity contribution in [1.29, 1.82) is 0 Å². The molecule has 0 saturated carbocycles. The standard InChI is InChI=1S/C18H25N5O/c1-13-8-14(2)10-16(9-13)22-18-20-11-15(12-21-18)17(24)19-6-5-7-23(3)4/h8-12H,5-7H2,1-4H3,(H,19,24)(H,20,21,22). The molecular weight excluding hydrogens is 302 g/mol. The minimum atomic E-state index is -0.147. The van der Waals surface area contributed by atoms with E-state index in [2.05, 4.69) is 31.6 Å².